The minimum Gasteiger partial charge on any atom is -0.398 e. The van der Waals surface area contributed by atoms with Crippen LogP contribution in [-0.4, -0.2) is 24.0 Å². The first-order valence-electron chi connectivity index (χ1n) is 4.51. The van der Waals surface area contributed by atoms with Gasteiger partial charge in [-0.05, 0) is 29.7 Å². The lowest BCUT2D eigenvalue weighted by atomic mass is 10.3. The summed E-state index contributed by atoms with van der Waals surface area (Å²) in [5.41, 5.74) is 6.23. The van der Waals surface area contributed by atoms with Gasteiger partial charge < -0.3 is 5.73 Å². The number of nitrogens with zero attached hydrogens (tertiary/aromatic N) is 2. The van der Waals surface area contributed by atoms with E-state index in [1.54, 1.807) is 6.07 Å². The fourth-order valence-electron chi connectivity index (χ4n) is 1.15. The number of anilines is 1. The summed E-state index contributed by atoms with van der Waals surface area (Å²) in [6.07, 6.45) is 2.62. The molecule has 0 radical (unpaired) electrons. The zero-order valence-electron chi connectivity index (χ0n) is 8.82. The van der Waals surface area contributed by atoms with Crippen molar-refractivity contribution in [1.29, 1.82) is 0 Å². The molecule has 2 N–H and O–H groups in total. The van der Waals surface area contributed by atoms with Crippen LogP contribution in [0.3, 0.4) is 0 Å². The first kappa shape index (κ1) is 12.3. The molecule has 2 rings (SSSR count). The average molecular weight is 287 g/mol. The van der Waals surface area contributed by atoms with E-state index in [-0.39, 0.29) is 4.90 Å². The van der Waals surface area contributed by atoms with Gasteiger partial charge in [0.2, 0.25) is 0 Å². The van der Waals surface area contributed by atoms with Crippen LogP contribution >= 0.6 is 23.3 Å². The number of rotatable bonds is 3. The molecule has 0 atom stereocenters. The standard InChI is InChI=1S/C9H9N3O2S3/c1-17(13,14)6-2-3-8(7(10)4-6)15-9-11-5-12-16-9/h2-5H,10H2,1H3. The summed E-state index contributed by atoms with van der Waals surface area (Å²) in [6.45, 7) is 0. The summed E-state index contributed by atoms with van der Waals surface area (Å²) in [4.78, 5) is 5.01. The van der Waals surface area contributed by atoms with Crippen LogP contribution < -0.4 is 5.73 Å². The molecule has 1 aromatic carbocycles. The van der Waals surface area contributed by atoms with E-state index >= 15 is 0 Å². The molecule has 0 unspecified atom stereocenters. The molecule has 90 valence electrons. The number of benzene rings is 1. The molecule has 8 heteroatoms. The van der Waals surface area contributed by atoms with Crippen molar-refractivity contribution in [3.8, 4) is 0 Å². The van der Waals surface area contributed by atoms with Gasteiger partial charge in [-0.2, -0.15) is 4.37 Å². The maximum absolute atomic E-state index is 11.3. The smallest absolute Gasteiger partial charge is 0.175 e. The van der Waals surface area contributed by atoms with E-state index in [1.807, 2.05) is 0 Å². The monoisotopic (exact) mass is 287 g/mol. The lowest BCUT2D eigenvalue weighted by molar-refractivity contribution is 0.602. The Labute approximate surface area is 107 Å². The van der Waals surface area contributed by atoms with Crippen molar-refractivity contribution in [2.24, 2.45) is 0 Å². The van der Waals surface area contributed by atoms with Crippen LogP contribution in [0, 0.1) is 0 Å². The van der Waals surface area contributed by atoms with E-state index in [4.69, 9.17) is 5.73 Å². The SMILES string of the molecule is CS(=O)(=O)c1ccc(Sc2ncns2)c(N)c1. The third kappa shape index (κ3) is 2.96. The van der Waals surface area contributed by atoms with E-state index in [0.29, 0.717) is 5.69 Å². The van der Waals surface area contributed by atoms with Crippen molar-refractivity contribution in [1.82, 2.24) is 9.36 Å². The van der Waals surface area contributed by atoms with Crippen LogP contribution in [-0.2, 0) is 9.84 Å². The zero-order chi connectivity index (χ0) is 12.5. The van der Waals surface area contributed by atoms with E-state index < -0.39 is 9.84 Å². The predicted molar refractivity (Wildman–Crippen MR) is 68.0 cm³/mol. The predicted octanol–water partition coefficient (Wildman–Crippen LogP) is 1.68. The minimum absolute atomic E-state index is 0.219. The lowest BCUT2D eigenvalue weighted by Crippen LogP contribution is -1.99. The summed E-state index contributed by atoms with van der Waals surface area (Å²) < 4.78 is 27.3. The van der Waals surface area contributed by atoms with Crippen LogP contribution in [0.1, 0.15) is 0 Å². The van der Waals surface area contributed by atoms with E-state index in [0.717, 1.165) is 15.5 Å². The number of nitrogens with two attached hydrogens (primary N) is 1. The van der Waals surface area contributed by atoms with Crippen LogP contribution in [0.4, 0.5) is 5.69 Å². The highest BCUT2D eigenvalue weighted by Crippen LogP contribution is 2.33. The molecular formula is C9H9N3O2S3. The minimum atomic E-state index is -3.22. The molecule has 1 heterocycles. The number of nitrogen functional groups attached to an aromatic ring is 1. The van der Waals surface area contributed by atoms with Gasteiger partial charge in [-0.25, -0.2) is 13.4 Å². The Morgan fingerprint density at radius 1 is 1.41 bits per heavy atom. The quantitative estimate of drug-likeness (QED) is 0.864. The van der Waals surface area contributed by atoms with E-state index in [2.05, 4.69) is 9.36 Å². The van der Waals surface area contributed by atoms with Crippen molar-refractivity contribution in [2.75, 3.05) is 12.0 Å². The molecule has 0 aliphatic carbocycles. The fourth-order valence-corrected chi connectivity index (χ4v) is 3.24. The van der Waals surface area contributed by atoms with Gasteiger partial charge in [0.25, 0.3) is 0 Å². The Hall–Kier alpha value is -1.12. The normalized spacial score (nSPS) is 11.6. The molecule has 0 bridgehead atoms. The van der Waals surface area contributed by atoms with Crippen LogP contribution in [0.25, 0.3) is 0 Å². The third-order valence-electron chi connectivity index (χ3n) is 1.95. The topological polar surface area (TPSA) is 85.9 Å². The van der Waals surface area contributed by atoms with Gasteiger partial charge in [0.1, 0.15) is 6.33 Å². The molecule has 0 saturated heterocycles. The second-order valence-corrected chi connectivity index (χ2v) is 7.37. The van der Waals surface area contributed by atoms with Crippen molar-refractivity contribution < 1.29 is 8.42 Å². The summed E-state index contributed by atoms with van der Waals surface area (Å²) in [6, 6.07) is 4.67. The molecule has 0 aliphatic rings. The summed E-state index contributed by atoms with van der Waals surface area (Å²) >= 11 is 2.63. The second-order valence-electron chi connectivity index (χ2n) is 3.28. The molecule has 0 saturated carbocycles. The number of aromatic nitrogens is 2. The molecule has 0 fully saturated rings. The highest BCUT2D eigenvalue weighted by molar-refractivity contribution is 8.01. The van der Waals surface area contributed by atoms with Crippen molar-refractivity contribution in [2.45, 2.75) is 14.1 Å². The summed E-state index contributed by atoms with van der Waals surface area (Å²) in [7, 11) is -3.22. The summed E-state index contributed by atoms with van der Waals surface area (Å²) in [5, 5.41) is 0. The fraction of sp³-hybridized carbons (Fsp3) is 0.111. The van der Waals surface area contributed by atoms with E-state index in [9.17, 15) is 8.42 Å². The maximum atomic E-state index is 11.3. The van der Waals surface area contributed by atoms with Gasteiger partial charge in [0.05, 0.1) is 4.90 Å². The average Bonchev–Trinajstić information content (AvgIpc) is 2.72. The zero-order valence-corrected chi connectivity index (χ0v) is 11.3. The van der Waals surface area contributed by atoms with Crippen molar-refractivity contribution >= 4 is 38.8 Å². The first-order valence-corrected chi connectivity index (χ1v) is 7.99. The van der Waals surface area contributed by atoms with Gasteiger partial charge >= 0.3 is 0 Å². The van der Waals surface area contributed by atoms with E-state index in [1.165, 1.54) is 41.8 Å². The summed E-state index contributed by atoms with van der Waals surface area (Å²) in [5.74, 6) is 0. The largest absolute Gasteiger partial charge is 0.398 e. The Morgan fingerprint density at radius 2 is 2.18 bits per heavy atom. The Kier molecular flexibility index (Phi) is 3.36. The van der Waals surface area contributed by atoms with Crippen LogP contribution in [0.15, 0.2) is 38.7 Å². The Balaban J connectivity index is 2.33. The molecule has 0 aliphatic heterocycles. The van der Waals surface area contributed by atoms with Gasteiger partial charge in [-0.15, -0.1) is 0 Å². The second kappa shape index (κ2) is 4.63. The molecule has 5 nitrogen and oxygen atoms in total. The number of hydrogen-bond acceptors (Lipinski definition) is 7. The highest BCUT2D eigenvalue weighted by Gasteiger charge is 2.11. The number of hydrogen-bond donors (Lipinski definition) is 1. The van der Waals surface area contributed by atoms with Gasteiger partial charge in [-0.3, -0.25) is 0 Å². The highest BCUT2D eigenvalue weighted by atomic mass is 32.2. The Morgan fingerprint density at radius 3 is 2.71 bits per heavy atom. The maximum Gasteiger partial charge on any atom is 0.175 e. The molecule has 0 amide bonds. The van der Waals surface area contributed by atoms with Gasteiger partial charge in [0, 0.05) is 16.8 Å². The molecule has 2 aromatic rings. The Bertz CT molecular complexity index is 623. The molecule has 1 aromatic heterocycles. The van der Waals surface area contributed by atoms with Gasteiger partial charge in [-0.1, -0.05) is 11.8 Å². The van der Waals surface area contributed by atoms with Crippen LogP contribution in [0.2, 0.25) is 0 Å². The lowest BCUT2D eigenvalue weighted by Gasteiger charge is -2.05. The van der Waals surface area contributed by atoms with Gasteiger partial charge in [0.15, 0.2) is 14.2 Å². The van der Waals surface area contributed by atoms with Crippen LogP contribution in [0.5, 0.6) is 0 Å². The van der Waals surface area contributed by atoms with Crippen molar-refractivity contribution in [3.63, 3.8) is 0 Å². The first-order chi connectivity index (χ1) is 7.97. The molecule has 0 spiro atoms. The molecule has 17 heavy (non-hydrogen) atoms. The third-order valence-corrected chi connectivity index (χ3v) is 4.86. The van der Waals surface area contributed by atoms with Crippen molar-refractivity contribution in [3.05, 3.63) is 24.5 Å². The molecular weight excluding hydrogens is 278 g/mol. The number of sulfone groups is 1.